The van der Waals surface area contributed by atoms with Gasteiger partial charge in [-0.2, -0.15) is 12.5 Å². The van der Waals surface area contributed by atoms with Gasteiger partial charge in [0.1, 0.15) is 0 Å². The summed E-state index contributed by atoms with van der Waals surface area (Å²) in [5.41, 5.74) is 0. The molecule has 4 rings (SSSR count). The molecule has 0 aromatic rings. The van der Waals surface area contributed by atoms with Crippen LogP contribution in [0.4, 0.5) is 0 Å². The van der Waals surface area contributed by atoms with Crippen molar-refractivity contribution in [2.24, 2.45) is 23.7 Å². The quantitative estimate of drug-likeness (QED) is 0.322. The third-order valence-electron chi connectivity index (χ3n) is 5.44. The summed E-state index contributed by atoms with van der Waals surface area (Å²) in [7, 11) is 0. The van der Waals surface area contributed by atoms with E-state index in [4.69, 9.17) is 0 Å². The molecule has 23 heavy (non-hydrogen) atoms. The Morgan fingerprint density at radius 3 is 2.57 bits per heavy atom. The zero-order valence-electron chi connectivity index (χ0n) is 13.7. The van der Waals surface area contributed by atoms with Crippen LogP contribution in [0.15, 0.2) is 18.2 Å². The Balaban J connectivity index is 0.000000529. The molecule has 1 nitrogen and oxygen atoms in total. The number of hydrogen-bond donors (Lipinski definition) is 1. The van der Waals surface area contributed by atoms with Gasteiger partial charge in [0.05, 0.1) is 0 Å². The minimum Gasteiger partial charge on any atom is -1.00 e. The molecule has 0 amide bonds. The summed E-state index contributed by atoms with van der Waals surface area (Å²) in [6.07, 6.45) is 17.0. The first-order chi connectivity index (χ1) is 9.75. The van der Waals surface area contributed by atoms with E-state index in [0.717, 1.165) is 41.0 Å². The average molecular weight is 498 g/mol. The van der Waals surface area contributed by atoms with E-state index in [1.54, 1.807) is 0 Å². The number of allylic oxidation sites excluding steroid dienone is 4. The largest absolute Gasteiger partial charge is 4.00 e. The average Bonchev–Trinajstić information content (AvgIpc) is 3.11. The molecule has 4 aliphatic rings. The van der Waals surface area contributed by atoms with Crippen LogP contribution in [0, 0.1) is 36.3 Å². The molecule has 128 valence electrons. The molecule has 5 heteroatoms. The number of hydrogen-bond acceptors (Lipinski definition) is 1. The molecule has 2 saturated carbocycles. The first-order valence-corrected chi connectivity index (χ1v) is 9.11. The van der Waals surface area contributed by atoms with Crippen LogP contribution >= 0.6 is 15.9 Å². The third kappa shape index (κ3) is 6.24. The number of alkyl halides is 1. The Kier molecular flexibility index (Phi) is 12.6. The molecular formula is C18H26BrCl2NZr. The van der Waals surface area contributed by atoms with Crippen molar-refractivity contribution in [2.75, 3.05) is 0 Å². The van der Waals surface area contributed by atoms with Gasteiger partial charge in [0.25, 0.3) is 0 Å². The van der Waals surface area contributed by atoms with Crippen LogP contribution in [-0.2, 0) is 26.2 Å². The van der Waals surface area contributed by atoms with E-state index in [2.05, 4.69) is 46.9 Å². The fourth-order valence-corrected chi connectivity index (χ4v) is 5.83. The Labute approximate surface area is 182 Å². The van der Waals surface area contributed by atoms with E-state index in [1.165, 1.54) is 32.1 Å². The van der Waals surface area contributed by atoms with Gasteiger partial charge in [-0.1, -0.05) is 29.3 Å². The Morgan fingerprint density at radius 1 is 1.17 bits per heavy atom. The Bertz CT molecular complexity index is 375. The van der Waals surface area contributed by atoms with E-state index >= 15 is 0 Å². The number of rotatable bonds is 0. The molecule has 0 radical (unpaired) electrons. The van der Waals surface area contributed by atoms with Gasteiger partial charge in [0, 0.05) is 4.83 Å². The van der Waals surface area contributed by atoms with E-state index in [1.807, 2.05) is 12.2 Å². The number of piperidine rings is 1. The summed E-state index contributed by atoms with van der Waals surface area (Å²) in [5, 5.41) is 3.62. The van der Waals surface area contributed by atoms with E-state index < -0.39 is 0 Å². The Morgan fingerprint density at radius 2 is 1.96 bits per heavy atom. The molecule has 3 fully saturated rings. The van der Waals surface area contributed by atoms with Gasteiger partial charge in [-0.25, -0.2) is 12.2 Å². The maximum atomic E-state index is 4.01. The van der Waals surface area contributed by atoms with Crippen molar-refractivity contribution in [3.63, 3.8) is 0 Å². The van der Waals surface area contributed by atoms with E-state index in [0.29, 0.717) is 0 Å². The predicted molar refractivity (Wildman–Crippen MR) is 88.2 cm³/mol. The summed E-state index contributed by atoms with van der Waals surface area (Å²) < 4.78 is 0. The normalized spacial score (nSPS) is 39.6. The minimum absolute atomic E-state index is 0. The van der Waals surface area contributed by atoms with Crippen molar-refractivity contribution in [1.29, 1.82) is 0 Å². The van der Waals surface area contributed by atoms with Crippen molar-refractivity contribution < 1.29 is 51.0 Å². The van der Waals surface area contributed by atoms with Crippen molar-refractivity contribution in [1.82, 2.24) is 5.32 Å². The van der Waals surface area contributed by atoms with Crippen molar-refractivity contribution in [3.8, 4) is 0 Å². The molecular weight excluding hydrogens is 472 g/mol. The van der Waals surface area contributed by atoms with Gasteiger partial charge in [-0.05, 0) is 49.0 Å². The smallest absolute Gasteiger partial charge is 1.00 e. The molecule has 1 aliphatic heterocycles. The molecule has 1 heterocycles. The standard InChI is InChI=1S/C13H21BrN.C5H5.2ClH.Zr/c1-8-5-9-7-12-10(3-2-4-15-12)13(14)11(9)6-8;1-2-4-5-3-1;;;/h4,8-13,15H,2-3,5-7H2,1H3;1-3H,4H2;2*1H;/q2*-1;;;+4/p-2. The number of fused-ring (bicyclic) bond motifs is 2. The molecule has 0 bridgehead atoms. The topological polar surface area (TPSA) is 12.0 Å². The summed E-state index contributed by atoms with van der Waals surface area (Å²) in [6.45, 7) is 4.72. The first kappa shape index (κ1) is 24.4. The minimum atomic E-state index is 0. The molecule has 1 N–H and O–H groups in total. The summed E-state index contributed by atoms with van der Waals surface area (Å²) in [4.78, 5) is 0.785. The second-order valence-electron chi connectivity index (χ2n) is 6.90. The SMILES string of the molecule is CC1CC2CC3N[CH-]CCC3C(Br)C2C1.[C-]1=CC=CC1.[Cl-].[Cl-].[Zr+4]. The maximum Gasteiger partial charge on any atom is 4.00 e. The zero-order valence-corrected chi connectivity index (χ0v) is 19.2. The van der Waals surface area contributed by atoms with Crippen LogP contribution in [0.2, 0.25) is 0 Å². The second kappa shape index (κ2) is 11.9. The van der Waals surface area contributed by atoms with Gasteiger partial charge in [-0.15, -0.1) is 6.42 Å². The molecule has 6 unspecified atom stereocenters. The van der Waals surface area contributed by atoms with Crippen molar-refractivity contribution in [3.05, 3.63) is 30.8 Å². The van der Waals surface area contributed by atoms with Gasteiger partial charge in [0.15, 0.2) is 0 Å². The van der Waals surface area contributed by atoms with Crippen molar-refractivity contribution >= 4 is 15.9 Å². The van der Waals surface area contributed by atoms with Crippen LogP contribution in [0.25, 0.3) is 0 Å². The summed E-state index contributed by atoms with van der Waals surface area (Å²) >= 11 is 4.01. The van der Waals surface area contributed by atoms with Gasteiger partial charge < -0.3 is 30.1 Å². The molecule has 0 spiro atoms. The van der Waals surface area contributed by atoms with E-state index in [-0.39, 0.29) is 51.0 Å². The molecule has 0 aromatic carbocycles. The number of halogens is 3. The van der Waals surface area contributed by atoms with Crippen molar-refractivity contribution in [2.45, 2.75) is 56.3 Å². The zero-order chi connectivity index (χ0) is 13.9. The third-order valence-corrected chi connectivity index (χ3v) is 6.80. The van der Waals surface area contributed by atoms with Crippen LogP contribution in [0.1, 0.15) is 45.4 Å². The molecule has 1 saturated heterocycles. The van der Waals surface area contributed by atoms with Crippen LogP contribution in [0.5, 0.6) is 0 Å². The summed E-state index contributed by atoms with van der Waals surface area (Å²) in [6, 6.07) is 0.773. The van der Waals surface area contributed by atoms with E-state index in [9.17, 15) is 0 Å². The first-order valence-electron chi connectivity index (χ1n) is 8.19. The Hall–Kier alpha value is 1.38. The van der Waals surface area contributed by atoms with Crippen LogP contribution in [-0.4, -0.2) is 10.9 Å². The molecule has 3 aliphatic carbocycles. The summed E-state index contributed by atoms with van der Waals surface area (Å²) in [5.74, 6) is 3.82. The monoisotopic (exact) mass is 495 g/mol. The molecule has 0 aromatic heterocycles. The number of nitrogens with one attached hydrogen (secondary N) is 1. The van der Waals surface area contributed by atoms with Gasteiger partial charge in [0.2, 0.25) is 0 Å². The van der Waals surface area contributed by atoms with Gasteiger partial charge in [-0.3, -0.25) is 12.6 Å². The predicted octanol–water partition coefficient (Wildman–Crippen LogP) is -1.34. The van der Waals surface area contributed by atoms with Crippen LogP contribution in [0.3, 0.4) is 0 Å². The van der Waals surface area contributed by atoms with Gasteiger partial charge >= 0.3 is 26.2 Å². The molecule has 6 atom stereocenters. The maximum absolute atomic E-state index is 4.01. The fourth-order valence-electron chi connectivity index (χ4n) is 4.55. The van der Waals surface area contributed by atoms with Crippen LogP contribution < -0.4 is 30.1 Å². The second-order valence-corrected chi connectivity index (χ2v) is 7.96. The fraction of sp³-hybridized carbons (Fsp3) is 0.722.